The zero-order chi connectivity index (χ0) is 15.6. The average molecular weight is 312 g/mol. The van der Waals surface area contributed by atoms with Crippen LogP contribution in [0.25, 0.3) is 0 Å². The highest BCUT2D eigenvalue weighted by atomic mass is 32.2. The molecular formula is C14H17FN2O3S. The normalized spacial score (nSPS) is 11.9. The molecule has 0 aliphatic heterocycles. The van der Waals surface area contributed by atoms with Gasteiger partial charge in [0.1, 0.15) is 11.6 Å². The van der Waals surface area contributed by atoms with E-state index in [1.807, 2.05) is 0 Å². The molecule has 0 bridgehead atoms. The Bertz CT molecular complexity index is 718. The zero-order valence-electron chi connectivity index (χ0n) is 12.1. The van der Waals surface area contributed by atoms with Crippen molar-refractivity contribution in [2.45, 2.75) is 18.6 Å². The number of anilines is 1. The molecule has 1 aromatic carbocycles. The largest absolute Gasteiger partial charge is 0.446 e. The van der Waals surface area contributed by atoms with Gasteiger partial charge in [-0.05, 0) is 30.7 Å². The number of aryl methyl sites for hydroxylation is 1. The fraction of sp³-hybridized carbons (Fsp3) is 0.286. The topological polar surface area (TPSA) is 62.6 Å². The van der Waals surface area contributed by atoms with Crippen molar-refractivity contribution in [3.63, 3.8) is 0 Å². The van der Waals surface area contributed by atoms with E-state index in [4.69, 9.17) is 4.42 Å². The highest BCUT2D eigenvalue weighted by Crippen LogP contribution is 2.21. The molecule has 1 heterocycles. The Balaban J connectivity index is 2.14. The maximum atomic E-state index is 13.7. The number of nitrogens with zero attached hydrogens (tertiary/aromatic N) is 1. The zero-order valence-corrected chi connectivity index (χ0v) is 12.9. The monoisotopic (exact) mass is 312 g/mol. The van der Waals surface area contributed by atoms with Gasteiger partial charge in [-0.1, -0.05) is 12.1 Å². The van der Waals surface area contributed by atoms with Crippen LogP contribution in [0.2, 0.25) is 0 Å². The molecule has 5 nitrogen and oxygen atoms in total. The number of sulfonamides is 1. The van der Waals surface area contributed by atoms with E-state index in [-0.39, 0.29) is 17.5 Å². The predicted molar refractivity (Wildman–Crippen MR) is 78.0 cm³/mol. The van der Waals surface area contributed by atoms with Crippen LogP contribution in [-0.4, -0.2) is 26.8 Å². The van der Waals surface area contributed by atoms with Gasteiger partial charge in [0.05, 0.1) is 12.2 Å². The van der Waals surface area contributed by atoms with Gasteiger partial charge in [-0.2, -0.15) is 0 Å². The van der Waals surface area contributed by atoms with Gasteiger partial charge in [0.15, 0.2) is 0 Å². The van der Waals surface area contributed by atoms with Gasteiger partial charge in [-0.25, -0.2) is 17.1 Å². The van der Waals surface area contributed by atoms with Crippen molar-refractivity contribution in [1.82, 2.24) is 4.31 Å². The van der Waals surface area contributed by atoms with Gasteiger partial charge in [0.25, 0.3) is 10.0 Å². The van der Waals surface area contributed by atoms with Crippen LogP contribution in [-0.2, 0) is 16.6 Å². The molecule has 1 N–H and O–H groups in total. The molecule has 1 aromatic heterocycles. The summed E-state index contributed by atoms with van der Waals surface area (Å²) in [4.78, 5) is 0. The first-order chi connectivity index (χ1) is 9.82. The van der Waals surface area contributed by atoms with Crippen LogP contribution in [0.5, 0.6) is 0 Å². The van der Waals surface area contributed by atoms with Gasteiger partial charge in [-0.3, -0.25) is 0 Å². The Kier molecular flexibility index (Phi) is 4.34. The third kappa shape index (κ3) is 3.25. The van der Waals surface area contributed by atoms with Gasteiger partial charge in [0, 0.05) is 14.1 Å². The van der Waals surface area contributed by atoms with Gasteiger partial charge in [-0.15, -0.1) is 0 Å². The van der Waals surface area contributed by atoms with Crippen molar-refractivity contribution in [2.75, 3.05) is 19.4 Å². The van der Waals surface area contributed by atoms with Gasteiger partial charge in [0.2, 0.25) is 5.09 Å². The maximum Gasteiger partial charge on any atom is 0.275 e. The summed E-state index contributed by atoms with van der Waals surface area (Å²) in [5, 5.41) is 2.78. The van der Waals surface area contributed by atoms with Gasteiger partial charge >= 0.3 is 0 Å². The summed E-state index contributed by atoms with van der Waals surface area (Å²) >= 11 is 0. The number of hydrogen-bond acceptors (Lipinski definition) is 4. The molecule has 0 amide bonds. The average Bonchev–Trinajstić information content (AvgIpc) is 2.87. The first kappa shape index (κ1) is 15.5. The van der Waals surface area contributed by atoms with Crippen molar-refractivity contribution in [2.24, 2.45) is 0 Å². The molecule has 21 heavy (non-hydrogen) atoms. The molecule has 0 atom stereocenters. The molecule has 0 unspecified atom stereocenters. The van der Waals surface area contributed by atoms with Crippen LogP contribution in [0.4, 0.5) is 10.1 Å². The predicted octanol–water partition coefficient (Wildman–Crippen LogP) is 2.59. The highest BCUT2D eigenvalue weighted by molar-refractivity contribution is 7.88. The standard InChI is InChI=1S/C14H17FN2O3S/c1-10-5-4-6-12(15)14(10)16-9-11-7-8-13(20-11)21(18,19)17(2)3/h4-8,16H,9H2,1-3H3. The molecule has 0 aliphatic rings. The van der Waals surface area contributed by atoms with E-state index in [0.29, 0.717) is 11.4 Å². The molecule has 2 aromatic rings. The summed E-state index contributed by atoms with van der Waals surface area (Å²) in [7, 11) is -0.732. The minimum absolute atomic E-state index is 0.130. The second kappa shape index (κ2) is 5.87. The number of halogens is 1. The van der Waals surface area contributed by atoms with Crippen molar-refractivity contribution in [3.8, 4) is 0 Å². The first-order valence-corrected chi connectivity index (χ1v) is 7.76. The molecule has 2 rings (SSSR count). The number of hydrogen-bond donors (Lipinski definition) is 1. The van der Waals surface area contributed by atoms with Crippen molar-refractivity contribution in [3.05, 3.63) is 47.5 Å². The minimum atomic E-state index is -3.59. The van der Waals surface area contributed by atoms with E-state index in [9.17, 15) is 12.8 Å². The van der Waals surface area contributed by atoms with Crippen molar-refractivity contribution >= 4 is 15.7 Å². The van der Waals surface area contributed by atoms with E-state index in [2.05, 4.69) is 5.32 Å². The molecule has 0 fully saturated rings. The third-order valence-electron chi connectivity index (χ3n) is 3.03. The van der Waals surface area contributed by atoms with Crippen LogP contribution in [0, 0.1) is 12.7 Å². The Morgan fingerprint density at radius 3 is 2.57 bits per heavy atom. The number of rotatable bonds is 5. The molecule has 0 spiro atoms. The summed E-state index contributed by atoms with van der Waals surface area (Å²) in [6.45, 7) is 1.99. The Hall–Kier alpha value is -1.86. The molecule has 0 saturated heterocycles. The third-order valence-corrected chi connectivity index (χ3v) is 4.72. The second-order valence-electron chi connectivity index (χ2n) is 4.79. The Morgan fingerprint density at radius 2 is 1.95 bits per heavy atom. The fourth-order valence-electron chi connectivity index (χ4n) is 1.80. The molecule has 0 aliphatic carbocycles. The van der Waals surface area contributed by atoms with Crippen LogP contribution in [0.1, 0.15) is 11.3 Å². The summed E-state index contributed by atoms with van der Waals surface area (Å²) < 4.78 is 43.8. The molecule has 7 heteroatoms. The molecule has 0 saturated carbocycles. The lowest BCUT2D eigenvalue weighted by atomic mass is 10.2. The van der Waals surface area contributed by atoms with Crippen LogP contribution < -0.4 is 5.32 Å². The lowest BCUT2D eigenvalue weighted by Crippen LogP contribution is -2.21. The van der Waals surface area contributed by atoms with E-state index in [1.54, 1.807) is 25.1 Å². The lowest BCUT2D eigenvalue weighted by molar-refractivity contribution is 0.402. The van der Waals surface area contributed by atoms with Gasteiger partial charge < -0.3 is 9.73 Å². The van der Waals surface area contributed by atoms with Crippen LogP contribution in [0.15, 0.2) is 39.8 Å². The summed E-state index contributed by atoms with van der Waals surface area (Å²) in [6, 6.07) is 7.72. The molecular weight excluding hydrogens is 295 g/mol. The first-order valence-electron chi connectivity index (χ1n) is 6.32. The van der Waals surface area contributed by atoms with Crippen molar-refractivity contribution < 1.29 is 17.2 Å². The number of benzene rings is 1. The van der Waals surface area contributed by atoms with E-state index >= 15 is 0 Å². The van der Waals surface area contributed by atoms with E-state index in [0.717, 1.165) is 9.87 Å². The van der Waals surface area contributed by atoms with Crippen LogP contribution >= 0.6 is 0 Å². The van der Waals surface area contributed by atoms with E-state index < -0.39 is 10.0 Å². The number of furan rings is 1. The fourth-order valence-corrected chi connectivity index (χ4v) is 2.62. The lowest BCUT2D eigenvalue weighted by Gasteiger charge is -2.09. The summed E-state index contributed by atoms with van der Waals surface area (Å²) in [5.74, 6) is 0.0563. The summed E-state index contributed by atoms with van der Waals surface area (Å²) in [6.07, 6.45) is 0. The smallest absolute Gasteiger partial charge is 0.275 e. The molecule has 0 radical (unpaired) electrons. The van der Waals surface area contributed by atoms with Crippen molar-refractivity contribution in [1.29, 1.82) is 0 Å². The summed E-state index contributed by atoms with van der Waals surface area (Å²) in [5.41, 5.74) is 1.15. The Morgan fingerprint density at radius 1 is 1.24 bits per heavy atom. The van der Waals surface area contributed by atoms with Crippen LogP contribution in [0.3, 0.4) is 0 Å². The SMILES string of the molecule is Cc1cccc(F)c1NCc1ccc(S(=O)(=O)N(C)C)o1. The quantitative estimate of drug-likeness (QED) is 0.922. The second-order valence-corrected chi connectivity index (χ2v) is 6.88. The Labute approximate surface area is 123 Å². The highest BCUT2D eigenvalue weighted by Gasteiger charge is 2.21. The maximum absolute atomic E-state index is 13.7. The van der Waals surface area contributed by atoms with E-state index in [1.165, 1.54) is 26.2 Å². The number of para-hydroxylation sites is 1. The molecule has 114 valence electrons. The number of nitrogens with one attached hydrogen (secondary N) is 1. The minimum Gasteiger partial charge on any atom is -0.446 e.